The van der Waals surface area contributed by atoms with Crippen molar-refractivity contribution in [3.63, 3.8) is 0 Å². The molecule has 0 aromatic heterocycles. The number of nitrogens with one attached hydrogen (secondary N) is 1. The maximum atomic E-state index is 13.1. The van der Waals surface area contributed by atoms with E-state index in [1.807, 2.05) is 6.92 Å². The van der Waals surface area contributed by atoms with Crippen LogP contribution in [-0.2, 0) is 9.59 Å². The fourth-order valence-corrected chi connectivity index (χ4v) is 3.74. The standard InChI is InChI=1S/C20H15Cl3N2O4S/c1-3-29-17-13(22)8-10(9-15(17)28-2)7-11-18(26)24-20(30)25(19(11)27)14-6-4-5-12(21)16(14)23/h4-9H,3H2,1-2H3,(H,24,26,30)/b11-7+. The Morgan fingerprint density at radius 2 is 1.90 bits per heavy atom. The first-order chi connectivity index (χ1) is 14.3. The molecule has 0 radical (unpaired) electrons. The van der Waals surface area contributed by atoms with Gasteiger partial charge in [-0.15, -0.1) is 0 Å². The summed E-state index contributed by atoms with van der Waals surface area (Å²) in [5.74, 6) is -0.567. The number of nitrogens with zero attached hydrogens (tertiary/aromatic N) is 1. The highest BCUT2D eigenvalue weighted by Gasteiger charge is 2.35. The summed E-state index contributed by atoms with van der Waals surface area (Å²) in [5.41, 5.74) is 0.554. The molecule has 1 aliphatic heterocycles. The van der Waals surface area contributed by atoms with Crippen LogP contribution in [0.4, 0.5) is 5.69 Å². The quantitative estimate of drug-likeness (QED) is 0.371. The van der Waals surface area contributed by atoms with Crippen LogP contribution in [0.1, 0.15) is 12.5 Å². The molecule has 1 aliphatic rings. The number of ether oxygens (including phenoxy) is 2. The molecule has 1 saturated heterocycles. The first-order valence-corrected chi connectivity index (χ1v) is 10.2. The SMILES string of the molecule is CCOc1c(Cl)cc(/C=C2\C(=O)NC(=S)N(c3cccc(Cl)c3Cl)C2=O)cc1OC. The second-order valence-electron chi connectivity index (χ2n) is 6.00. The third-order valence-electron chi connectivity index (χ3n) is 4.13. The van der Waals surface area contributed by atoms with Crippen molar-refractivity contribution in [2.45, 2.75) is 6.92 Å². The van der Waals surface area contributed by atoms with Gasteiger partial charge < -0.3 is 9.47 Å². The van der Waals surface area contributed by atoms with E-state index in [9.17, 15) is 9.59 Å². The van der Waals surface area contributed by atoms with Gasteiger partial charge in [-0.05, 0) is 55.0 Å². The predicted octanol–water partition coefficient (Wildman–Crippen LogP) is 4.89. The van der Waals surface area contributed by atoms with E-state index in [2.05, 4.69) is 5.32 Å². The van der Waals surface area contributed by atoms with Gasteiger partial charge in [0.1, 0.15) is 5.57 Å². The second kappa shape index (κ2) is 9.22. The van der Waals surface area contributed by atoms with Crippen LogP contribution >= 0.6 is 47.0 Å². The molecule has 0 spiro atoms. The van der Waals surface area contributed by atoms with Gasteiger partial charge in [-0.2, -0.15) is 0 Å². The highest BCUT2D eigenvalue weighted by atomic mass is 35.5. The number of rotatable bonds is 5. The van der Waals surface area contributed by atoms with Crippen LogP contribution in [0.2, 0.25) is 15.1 Å². The average molecular weight is 486 g/mol. The van der Waals surface area contributed by atoms with Gasteiger partial charge in [-0.3, -0.25) is 19.8 Å². The number of anilines is 1. The van der Waals surface area contributed by atoms with E-state index >= 15 is 0 Å². The van der Waals surface area contributed by atoms with Gasteiger partial charge in [-0.25, -0.2) is 0 Å². The molecule has 1 heterocycles. The van der Waals surface area contributed by atoms with Crippen LogP contribution in [0.15, 0.2) is 35.9 Å². The second-order valence-corrected chi connectivity index (χ2v) is 7.58. The zero-order valence-electron chi connectivity index (χ0n) is 15.8. The number of benzene rings is 2. The molecule has 0 saturated carbocycles. The van der Waals surface area contributed by atoms with E-state index in [1.54, 1.807) is 30.3 Å². The Hall–Kier alpha value is -2.32. The molecule has 10 heteroatoms. The number of hydrogen-bond donors (Lipinski definition) is 1. The minimum Gasteiger partial charge on any atom is -0.493 e. The summed E-state index contributed by atoms with van der Waals surface area (Å²) in [6.07, 6.45) is 1.38. The summed E-state index contributed by atoms with van der Waals surface area (Å²) in [6.45, 7) is 2.21. The first kappa shape index (κ1) is 22.4. The zero-order valence-corrected chi connectivity index (χ0v) is 18.9. The van der Waals surface area contributed by atoms with Gasteiger partial charge in [0.05, 0.1) is 34.5 Å². The highest BCUT2D eigenvalue weighted by Crippen LogP contribution is 2.38. The summed E-state index contributed by atoms with van der Waals surface area (Å²) in [5, 5.41) is 3.04. The van der Waals surface area contributed by atoms with Crippen molar-refractivity contribution in [1.29, 1.82) is 0 Å². The lowest BCUT2D eigenvalue weighted by Crippen LogP contribution is -2.54. The molecule has 0 unspecified atom stereocenters. The van der Waals surface area contributed by atoms with Gasteiger partial charge in [-0.1, -0.05) is 40.9 Å². The van der Waals surface area contributed by atoms with E-state index in [0.29, 0.717) is 23.7 Å². The lowest BCUT2D eigenvalue weighted by molar-refractivity contribution is -0.122. The van der Waals surface area contributed by atoms with E-state index in [0.717, 1.165) is 4.90 Å². The molecular formula is C20H15Cl3N2O4S. The lowest BCUT2D eigenvalue weighted by atomic mass is 10.1. The number of halogens is 3. The third-order valence-corrected chi connectivity index (χ3v) is 5.50. The van der Waals surface area contributed by atoms with Crippen LogP contribution in [-0.4, -0.2) is 30.6 Å². The largest absolute Gasteiger partial charge is 0.493 e. The summed E-state index contributed by atoms with van der Waals surface area (Å²) >= 11 is 23.8. The number of methoxy groups -OCH3 is 1. The third kappa shape index (κ3) is 4.25. The van der Waals surface area contributed by atoms with Gasteiger partial charge in [0.25, 0.3) is 11.8 Å². The fourth-order valence-electron chi connectivity index (χ4n) is 2.82. The molecule has 1 N–H and O–H groups in total. The van der Waals surface area contributed by atoms with Gasteiger partial charge in [0.15, 0.2) is 16.6 Å². The van der Waals surface area contributed by atoms with Gasteiger partial charge in [0.2, 0.25) is 0 Å². The topological polar surface area (TPSA) is 67.9 Å². The van der Waals surface area contributed by atoms with Crippen molar-refractivity contribution >= 4 is 75.7 Å². The summed E-state index contributed by atoms with van der Waals surface area (Å²) in [6, 6.07) is 7.94. The lowest BCUT2D eigenvalue weighted by Gasteiger charge is -2.29. The van der Waals surface area contributed by atoms with Crippen molar-refractivity contribution in [3.05, 3.63) is 56.5 Å². The summed E-state index contributed by atoms with van der Waals surface area (Å²) in [7, 11) is 1.46. The Balaban J connectivity index is 2.07. The molecule has 3 rings (SSSR count). The molecular weight excluding hydrogens is 471 g/mol. The molecule has 2 aromatic rings. The van der Waals surface area contributed by atoms with Crippen molar-refractivity contribution in [2.24, 2.45) is 0 Å². The molecule has 0 aliphatic carbocycles. The summed E-state index contributed by atoms with van der Waals surface area (Å²) in [4.78, 5) is 26.8. The first-order valence-electron chi connectivity index (χ1n) is 8.64. The van der Waals surface area contributed by atoms with E-state index < -0.39 is 11.8 Å². The number of thiocarbonyl (C=S) groups is 1. The molecule has 6 nitrogen and oxygen atoms in total. The molecule has 0 bridgehead atoms. The van der Waals surface area contributed by atoms with Crippen molar-refractivity contribution in [3.8, 4) is 11.5 Å². The predicted molar refractivity (Wildman–Crippen MR) is 122 cm³/mol. The smallest absolute Gasteiger partial charge is 0.270 e. The highest BCUT2D eigenvalue weighted by molar-refractivity contribution is 7.80. The molecule has 1 fully saturated rings. The zero-order chi connectivity index (χ0) is 22.0. The fraction of sp³-hybridized carbons (Fsp3) is 0.150. The van der Waals surface area contributed by atoms with E-state index in [-0.39, 0.29) is 31.4 Å². The average Bonchev–Trinajstić information content (AvgIpc) is 2.70. The maximum absolute atomic E-state index is 13.1. The Labute approximate surface area is 193 Å². The number of carbonyl (C=O) groups excluding carboxylic acids is 2. The maximum Gasteiger partial charge on any atom is 0.270 e. The van der Waals surface area contributed by atoms with Gasteiger partial charge in [0, 0.05) is 0 Å². The minimum atomic E-state index is -0.656. The normalized spacial score (nSPS) is 15.4. The van der Waals surface area contributed by atoms with E-state index in [4.69, 9.17) is 56.5 Å². The molecule has 156 valence electrons. The van der Waals surface area contributed by atoms with E-state index in [1.165, 1.54) is 13.2 Å². The molecule has 30 heavy (non-hydrogen) atoms. The van der Waals surface area contributed by atoms with Crippen molar-refractivity contribution in [1.82, 2.24) is 5.32 Å². The number of hydrogen-bond acceptors (Lipinski definition) is 5. The minimum absolute atomic E-state index is 0.103. The Morgan fingerprint density at radius 1 is 1.17 bits per heavy atom. The Bertz CT molecular complexity index is 1090. The van der Waals surface area contributed by atoms with Gasteiger partial charge >= 0.3 is 0 Å². The Kier molecular flexibility index (Phi) is 6.88. The summed E-state index contributed by atoms with van der Waals surface area (Å²) < 4.78 is 10.8. The van der Waals surface area contributed by atoms with Crippen LogP contribution in [0.5, 0.6) is 11.5 Å². The van der Waals surface area contributed by atoms with Crippen LogP contribution < -0.4 is 19.7 Å². The molecule has 2 amide bonds. The number of amides is 2. The van der Waals surface area contributed by atoms with Crippen molar-refractivity contribution < 1.29 is 19.1 Å². The van der Waals surface area contributed by atoms with Crippen LogP contribution in [0, 0.1) is 0 Å². The number of carbonyl (C=O) groups is 2. The van der Waals surface area contributed by atoms with Crippen LogP contribution in [0.3, 0.4) is 0 Å². The van der Waals surface area contributed by atoms with Crippen LogP contribution in [0.25, 0.3) is 6.08 Å². The molecule has 2 aromatic carbocycles. The Morgan fingerprint density at radius 3 is 2.57 bits per heavy atom. The molecule has 0 atom stereocenters. The monoisotopic (exact) mass is 484 g/mol. The van der Waals surface area contributed by atoms with Crippen molar-refractivity contribution in [2.75, 3.05) is 18.6 Å².